The van der Waals surface area contributed by atoms with Gasteiger partial charge < -0.3 is 4.57 Å². The molecule has 4 heterocycles. The molecule has 5 rings (SSSR count). The van der Waals surface area contributed by atoms with E-state index in [4.69, 9.17) is 4.98 Å². The second kappa shape index (κ2) is 7.02. The second-order valence-electron chi connectivity index (χ2n) is 8.05. The Balaban J connectivity index is 1.43. The largest absolute Gasteiger partial charge is 0.325 e. The van der Waals surface area contributed by atoms with Crippen molar-refractivity contribution < 1.29 is 0 Å². The highest BCUT2D eigenvalue weighted by Gasteiger charge is 2.27. The molecule has 0 radical (unpaired) electrons. The lowest BCUT2D eigenvalue weighted by atomic mass is 9.96. The SMILES string of the molecule is CC(C)n1c([C@H]2CCCN(Cc3cnn4cccnc34)C2)nc2ccccc21. The van der Waals surface area contributed by atoms with Crippen LogP contribution in [0.4, 0.5) is 0 Å². The van der Waals surface area contributed by atoms with E-state index in [2.05, 4.69) is 57.7 Å². The Morgan fingerprint density at radius 1 is 1.18 bits per heavy atom. The Kier molecular flexibility index (Phi) is 4.36. The first kappa shape index (κ1) is 17.4. The van der Waals surface area contributed by atoms with Gasteiger partial charge in [0.15, 0.2) is 5.65 Å². The number of fused-ring (bicyclic) bond motifs is 2. The van der Waals surface area contributed by atoms with Crippen LogP contribution in [-0.4, -0.2) is 42.1 Å². The highest BCUT2D eigenvalue weighted by molar-refractivity contribution is 5.76. The molecule has 0 amide bonds. The minimum Gasteiger partial charge on any atom is -0.325 e. The molecule has 6 nitrogen and oxygen atoms in total. The van der Waals surface area contributed by atoms with Crippen LogP contribution in [0.1, 0.15) is 50.0 Å². The summed E-state index contributed by atoms with van der Waals surface area (Å²) in [5, 5.41) is 4.44. The maximum Gasteiger partial charge on any atom is 0.159 e. The van der Waals surface area contributed by atoms with Crippen LogP contribution >= 0.6 is 0 Å². The van der Waals surface area contributed by atoms with Crippen LogP contribution in [0.3, 0.4) is 0 Å². The molecule has 6 heteroatoms. The summed E-state index contributed by atoms with van der Waals surface area (Å²) < 4.78 is 4.29. The number of imidazole rings is 1. The molecule has 0 aliphatic carbocycles. The van der Waals surface area contributed by atoms with Crippen molar-refractivity contribution in [2.24, 2.45) is 0 Å². The third kappa shape index (κ3) is 2.98. The predicted molar refractivity (Wildman–Crippen MR) is 110 cm³/mol. The summed E-state index contributed by atoms with van der Waals surface area (Å²) in [4.78, 5) is 12.1. The standard InChI is InChI=1S/C22H26N6/c1-16(2)28-20-9-4-3-8-19(20)25-22(28)17-7-5-11-26(14-17)15-18-13-24-27-12-6-10-23-21(18)27/h3-4,6,8-10,12-13,16-17H,5,7,11,14-15H2,1-2H3/t17-/m0/s1. The lowest BCUT2D eigenvalue weighted by Gasteiger charge is -2.33. The highest BCUT2D eigenvalue weighted by Crippen LogP contribution is 2.32. The molecule has 0 saturated carbocycles. The minimum absolute atomic E-state index is 0.404. The van der Waals surface area contributed by atoms with Gasteiger partial charge in [-0.2, -0.15) is 5.10 Å². The molecule has 1 saturated heterocycles. The normalized spacial score (nSPS) is 18.5. The average Bonchev–Trinajstić information content (AvgIpc) is 3.30. The van der Waals surface area contributed by atoms with Crippen LogP contribution in [0.2, 0.25) is 0 Å². The van der Waals surface area contributed by atoms with E-state index in [1.807, 2.05) is 29.2 Å². The molecule has 1 fully saturated rings. The van der Waals surface area contributed by atoms with Crippen LogP contribution in [0.25, 0.3) is 16.7 Å². The van der Waals surface area contributed by atoms with Gasteiger partial charge >= 0.3 is 0 Å². The van der Waals surface area contributed by atoms with Gasteiger partial charge in [0.1, 0.15) is 5.82 Å². The number of hydrogen-bond acceptors (Lipinski definition) is 4. The van der Waals surface area contributed by atoms with Gasteiger partial charge in [0.25, 0.3) is 0 Å². The Bertz CT molecular complexity index is 1110. The van der Waals surface area contributed by atoms with Crippen LogP contribution in [0, 0.1) is 0 Å². The van der Waals surface area contributed by atoms with E-state index in [-0.39, 0.29) is 0 Å². The highest BCUT2D eigenvalue weighted by atomic mass is 15.2. The fourth-order valence-electron chi connectivity index (χ4n) is 4.53. The van der Waals surface area contributed by atoms with E-state index < -0.39 is 0 Å². The van der Waals surface area contributed by atoms with Crippen LogP contribution in [-0.2, 0) is 6.54 Å². The lowest BCUT2D eigenvalue weighted by molar-refractivity contribution is 0.194. The van der Waals surface area contributed by atoms with Gasteiger partial charge in [0, 0.05) is 43.0 Å². The van der Waals surface area contributed by atoms with Gasteiger partial charge in [0.2, 0.25) is 0 Å². The number of hydrogen-bond donors (Lipinski definition) is 0. The first-order valence-corrected chi connectivity index (χ1v) is 10.2. The topological polar surface area (TPSA) is 51.2 Å². The third-order valence-electron chi connectivity index (χ3n) is 5.76. The monoisotopic (exact) mass is 374 g/mol. The van der Waals surface area contributed by atoms with E-state index in [1.165, 1.54) is 29.7 Å². The van der Waals surface area contributed by atoms with E-state index in [1.54, 1.807) is 0 Å². The van der Waals surface area contributed by atoms with E-state index >= 15 is 0 Å². The Morgan fingerprint density at radius 3 is 2.96 bits per heavy atom. The molecule has 0 N–H and O–H groups in total. The van der Waals surface area contributed by atoms with Crippen LogP contribution < -0.4 is 0 Å². The number of likely N-dealkylation sites (tertiary alicyclic amines) is 1. The first-order chi connectivity index (χ1) is 13.7. The number of para-hydroxylation sites is 2. The molecule has 1 atom stereocenters. The van der Waals surface area contributed by atoms with E-state index in [0.717, 1.165) is 30.8 Å². The molecule has 1 aromatic carbocycles. The average molecular weight is 374 g/mol. The van der Waals surface area contributed by atoms with Crippen molar-refractivity contribution in [3.05, 3.63) is 60.3 Å². The minimum atomic E-state index is 0.404. The van der Waals surface area contributed by atoms with Gasteiger partial charge in [-0.05, 0) is 51.4 Å². The van der Waals surface area contributed by atoms with Crippen molar-refractivity contribution in [3.8, 4) is 0 Å². The molecule has 3 aromatic heterocycles. The zero-order valence-corrected chi connectivity index (χ0v) is 16.5. The third-order valence-corrected chi connectivity index (χ3v) is 5.76. The number of piperidine rings is 1. The molecule has 0 unspecified atom stereocenters. The van der Waals surface area contributed by atoms with E-state index in [9.17, 15) is 0 Å². The van der Waals surface area contributed by atoms with Crippen molar-refractivity contribution in [3.63, 3.8) is 0 Å². The molecule has 144 valence electrons. The fraction of sp³-hybridized carbons (Fsp3) is 0.409. The number of benzene rings is 1. The zero-order valence-electron chi connectivity index (χ0n) is 16.5. The van der Waals surface area contributed by atoms with Gasteiger partial charge in [0.05, 0.1) is 17.2 Å². The quantitative estimate of drug-likeness (QED) is 0.541. The summed E-state index contributed by atoms with van der Waals surface area (Å²) in [7, 11) is 0. The molecule has 0 bridgehead atoms. The smallest absolute Gasteiger partial charge is 0.159 e. The summed E-state index contributed by atoms with van der Waals surface area (Å²) in [6, 6.07) is 10.8. The number of nitrogens with zero attached hydrogens (tertiary/aromatic N) is 6. The Hall–Kier alpha value is -2.73. The molecule has 0 spiro atoms. The van der Waals surface area contributed by atoms with E-state index in [0.29, 0.717) is 12.0 Å². The summed E-state index contributed by atoms with van der Waals surface area (Å²) in [5.74, 6) is 1.69. The Morgan fingerprint density at radius 2 is 2.07 bits per heavy atom. The summed E-state index contributed by atoms with van der Waals surface area (Å²) in [6.45, 7) is 7.54. The maximum atomic E-state index is 5.05. The molecular weight excluding hydrogens is 348 g/mol. The first-order valence-electron chi connectivity index (χ1n) is 10.2. The molecule has 4 aromatic rings. The van der Waals surface area contributed by atoms with Gasteiger partial charge in [-0.25, -0.2) is 14.5 Å². The van der Waals surface area contributed by atoms with Crippen molar-refractivity contribution in [2.75, 3.05) is 13.1 Å². The summed E-state index contributed by atoms with van der Waals surface area (Å²) in [5.41, 5.74) is 4.50. The number of rotatable bonds is 4. The summed E-state index contributed by atoms with van der Waals surface area (Å²) >= 11 is 0. The van der Waals surface area contributed by atoms with Crippen molar-refractivity contribution in [1.82, 2.24) is 29.0 Å². The number of aromatic nitrogens is 5. The second-order valence-corrected chi connectivity index (χ2v) is 8.05. The maximum absolute atomic E-state index is 5.05. The fourth-order valence-corrected chi connectivity index (χ4v) is 4.53. The van der Waals surface area contributed by atoms with Crippen molar-refractivity contribution in [2.45, 2.75) is 45.2 Å². The van der Waals surface area contributed by atoms with Crippen molar-refractivity contribution >= 4 is 16.7 Å². The molecular formula is C22H26N6. The molecule has 1 aliphatic rings. The van der Waals surface area contributed by atoms with Gasteiger partial charge in [-0.1, -0.05) is 12.1 Å². The zero-order chi connectivity index (χ0) is 19.1. The van der Waals surface area contributed by atoms with Crippen molar-refractivity contribution in [1.29, 1.82) is 0 Å². The Labute approximate surface area is 164 Å². The molecule has 28 heavy (non-hydrogen) atoms. The van der Waals surface area contributed by atoms with Crippen LogP contribution in [0.5, 0.6) is 0 Å². The van der Waals surface area contributed by atoms with Crippen LogP contribution in [0.15, 0.2) is 48.9 Å². The lowest BCUT2D eigenvalue weighted by Crippen LogP contribution is -2.35. The predicted octanol–water partition coefficient (Wildman–Crippen LogP) is 4.04. The van der Waals surface area contributed by atoms with Gasteiger partial charge in [-0.15, -0.1) is 0 Å². The summed E-state index contributed by atoms with van der Waals surface area (Å²) in [6.07, 6.45) is 8.13. The molecule has 1 aliphatic heterocycles. The van der Waals surface area contributed by atoms with Gasteiger partial charge in [-0.3, -0.25) is 4.90 Å².